The number of hydrogen-bond acceptors (Lipinski definition) is 1. The number of rotatable bonds is 6. The molecule has 0 aromatic rings. The van der Waals surface area contributed by atoms with Gasteiger partial charge in [0.05, 0.1) is 5.57 Å². The van der Waals surface area contributed by atoms with Gasteiger partial charge in [-0.2, -0.15) is 0 Å². The molecule has 0 aliphatic carbocycles. The van der Waals surface area contributed by atoms with Gasteiger partial charge in [-0.15, -0.1) is 0 Å². The number of aliphatic carboxylic acids is 1. The predicted molar refractivity (Wildman–Crippen MR) is 95.5 cm³/mol. The molecule has 0 aromatic heterocycles. The Labute approximate surface area is 130 Å². The molecule has 21 heavy (non-hydrogen) atoms. The van der Waals surface area contributed by atoms with E-state index in [1.807, 2.05) is 52.8 Å². The summed E-state index contributed by atoms with van der Waals surface area (Å²) in [5.74, 6) is -0.964. The Morgan fingerprint density at radius 1 is 1.05 bits per heavy atom. The molecule has 0 aromatic carbocycles. The summed E-state index contributed by atoms with van der Waals surface area (Å²) in [6.45, 7) is 18.9. The highest BCUT2D eigenvalue weighted by molar-refractivity contribution is 5.92. The van der Waals surface area contributed by atoms with Gasteiger partial charge < -0.3 is 5.11 Å². The SMILES string of the molecule is C=C\C=C/C(C(=O)O)=C(C)/C(C=C)=C/C=C\C.CC.CC. The summed E-state index contributed by atoms with van der Waals surface area (Å²) in [5.41, 5.74) is 1.69. The first-order valence-electron chi connectivity index (χ1n) is 7.27. The fourth-order valence-electron chi connectivity index (χ4n) is 1.22. The van der Waals surface area contributed by atoms with Crippen LogP contribution in [0.25, 0.3) is 0 Å². The van der Waals surface area contributed by atoms with Crippen LogP contribution in [-0.4, -0.2) is 11.1 Å². The zero-order valence-corrected chi connectivity index (χ0v) is 14.3. The minimum atomic E-state index is -0.964. The molecule has 118 valence electrons. The molecule has 0 radical (unpaired) electrons. The molecule has 2 heteroatoms. The van der Waals surface area contributed by atoms with Crippen molar-refractivity contribution in [1.29, 1.82) is 0 Å². The van der Waals surface area contributed by atoms with E-state index in [1.165, 1.54) is 6.08 Å². The van der Waals surface area contributed by atoms with Crippen molar-refractivity contribution < 1.29 is 9.90 Å². The summed E-state index contributed by atoms with van der Waals surface area (Å²) in [4.78, 5) is 11.1. The number of carbonyl (C=O) groups is 1. The van der Waals surface area contributed by atoms with Crippen molar-refractivity contribution in [3.05, 3.63) is 72.4 Å². The normalized spacial score (nSPS) is 11.8. The molecule has 0 bridgehead atoms. The molecule has 0 aliphatic rings. The quantitative estimate of drug-likeness (QED) is 0.490. The maximum atomic E-state index is 11.1. The van der Waals surface area contributed by atoms with Gasteiger partial charge in [0.1, 0.15) is 0 Å². The third-order valence-corrected chi connectivity index (χ3v) is 2.15. The summed E-state index contributed by atoms with van der Waals surface area (Å²) < 4.78 is 0. The van der Waals surface area contributed by atoms with Gasteiger partial charge in [-0.25, -0.2) is 4.79 Å². The lowest BCUT2D eigenvalue weighted by molar-refractivity contribution is -0.132. The Morgan fingerprint density at radius 3 is 1.90 bits per heavy atom. The van der Waals surface area contributed by atoms with Gasteiger partial charge >= 0.3 is 5.97 Å². The van der Waals surface area contributed by atoms with Crippen LogP contribution in [0, 0.1) is 0 Å². The smallest absolute Gasteiger partial charge is 0.335 e. The van der Waals surface area contributed by atoms with Crippen molar-refractivity contribution in [2.75, 3.05) is 0 Å². The average Bonchev–Trinajstić information content (AvgIpc) is 2.52. The first kappa shape index (κ1) is 24.0. The van der Waals surface area contributed by atoms with E-state index in [0.717, 1.165) is 5.57 Å². The monoisotopic (exact) mass is 290 g/mol. The molecular weight excluding hydrogens is 260 g/mol. The molecule has 0 heterocycles. The van der Waals surface area contributed by atoms with Gasteiger partial charge in [-0.3, -0.25) is 0 Å². The third-order valence-electron chi connectivity index (χ3n) is 2.15. The second-order valence-electron chi connectivity index (χ2n) is 3.29. The molecule has 1 N–H and O–H groups in total. The van der Waals surface area contributed by atoms with Crippen LogP contribution >= 0.6 is 0 Å². The summed E-state index contributed by atoms with van der Waals surface area (Å²) in [7, 11) is 0. The maximum Gasteiger partial charge on any atom is 0.335 e. The van der Waals surface area contributed by atoms with E-state index in [1.54, 1.807) is 25.2 Å². The van der Waals surface area contributed by atoms with Gasteiger partial charge in [-0.05, 0) is 31.1 Å². The van der Waals surface area contributed by atoms with Crippen molar-refractivity contribution in [2.24, 2.45) is 0 Å². The Balaban J connectivity index is -0.000000739. The van der Waals surface area contributed by atoms with Crippen LogP contribution < -0.4 is 0 Å². The van der Waals surface area contributed by atoms with E-state index < -0.39 is 5.97 Å². The topological polar surface area (TPSA) is 37.3 Å². The molecule has 0 rings (SSSR count). The fourth-order valence-corrected chi connectivity index (χ4v) is 1.22. The lowest BCUT2D eigenvalue weighted by atomic mass is 10.0. The standard InChI is InChI=1S/C15H18O2.2C2H6/c1-5-8-10-13(7-3)12(4)14(15(16)17)11-9-6-2;2*1-2/h5-11H,2-3H2,1,4H3,(H,16,17);2*1-2H3/b8-5-,11-9-,13-10+,14-12-;;. The fraction of sp³-hybridized carbons (Fsp3) is 0.316. The largest absolute Gasteiger partial charge is 0.478 e. The lowest BCUT2D eigenvalue weighted by Crippen LogP contribution is -2.02. The van der Waals surface area contributed by atoms with Gasteiger partial charge in [0.15, 0.2) is 0 Å². The summed E-state index contributed by atoms with van der Waals surface area (Å²) in [6, 6.07) is 0. The molecule has 0 atom stereocenters. The molecule has 0 unspecified atom stereocenters. The van der Waals surface area contributed by atoms with Crippen molar-refractivity contribution >= 4 is 5.97 Å². The Bertz CT molecular complexity index is 419. The number of carboxylic acid groups (broad SMARTS) is 1. The van der Waals surface area contributed by atoms with Crippen molar-refractivity contribution in [2.45, 2.75) is 41.5 Å². The zero-order chi connectivity index (χ0) is 17.3. The number of carboxylic acids is 1. The second-order valence-corrected chi connectivity index (χ2v) is 3.29. The van der Waals surface area contributed by atoms with Crippen LogP contribution in [0.15, 0.2) is 72.4 Å². The Hall–Kier alpha value is -2.09. The van der Waals surface area contributed by atoms with Crippen LogP contribution in [-0.2, 0) is 4.79 Å². The summed E-state index contributed by atoms with van der Waals surface area (Å²) in [6.07, 6.45) is 11.8. The number of allylic oxidation sites excluding steroid dienone is 8. The summed E-state index contributed by atoms with van der Waals surface area (Å²) in [5, 5.41) is 9.12. The van der Waals surface area contributed by atoms with Gasteiger partial charge in [0, 0.05) is 0 Å². The van der Waals surface area contributed by atoms with Crippen LogP contribution in [0.3, 0.4) is 0 Å². The predicted octanol–water partition coefficient (Wildman–Crippen LogP) is 5.87. The Kier molecular flexibility index (Phi) is 20.4. The minimum Gasteiger partial charge on any atom is -0.478 e. The maximum absolute atomic E-state index is 11.1. The van der Waals surface area contributed by atoms with E-state index in [-0.39, 0.29) is 5.57 Å². The zero-order valence-electron chi connectivity index (χ0n) is 14.3. The van der Waals surface area contributed by atoms with E-state index in [4.69, 9.17) is 5.11 Å². The first-order valence-corrected chi connectivity index (χ1v) is 7.27. The van der Waals surface area contributed by atoms with Gasteiger partial charge in [0.2, 0.25) is 0 Å². The molecule has 0 amide bonds. The minimum absolute atomic E-state index is 0.237. The number of hydrogen-bond donors (Lipinski definition) is 1. The summed E-state index contributed by atoms with van der Waals surface area (Å²) >= 11 is 0. The second kappa shape index (κ2) is 17.9. The molecule has 0 fully saturated rings. The van der Waals surface area contributed by atoms with Crippen molar-refractivity contribution in [1.82, 2.24) is 0 Å². The molecule has 0 saturated carbocycles. The van der Waals surface area contributed by atoms with Crippen LogP contribution in [0.1, 0.15) is 41.5 Å². The van der Waals surface area contributed by atoms with E-state index >= 15 is 0 Å². The third kappa shape index (κ3) is 11.4. The molecule has 2 nitrogen and oxygen atoms in total. The molecule has 0 spiro atoms. The highest BCUT2D eigenvalue weighted by atomic mass is 16.4. The molecule has 0 aliphatic heterocycles. The molecular formula is C19H30O2. The van der Waals surface area contributed by atoms with E-state index in [9.17, 15) is 4.79 Å². The van der Waals surface area contributed by atoms with Crippen LogP contribution in [0.4, 0.5) is 0 Å². The van der Waals surface area contributed by atoms with E-state index in [2.05, 4.69) is 13.2 Å². The average molecular weight is 290 g/mol. The lowest BCUT2D eigenvalue weighted by Gasteiger charge is -2.05. The molecule has 0 saturated heterocycles. The Morgan fingerprint density at radius 2 is 1.57 bits per heavy atom. The van der Waals surface area contributed by atoms with Gasteiger partial charge in [-0.1, -0.05) is 77.3 Å². The van der Waals surface area contributed by atoms with Crippen LogP contribution in [0.2, 0.25) is 0 Å². The van der Waals surface area contributed by atoms with Crippen molar-refractivity contribution in [3.8, 4) is 0 Å². The van der Waals surface area contributed by atoms with Gasteiger partial charge in [0.25, 0.3) is 0 Å². The van der Waals surface area contributed by atoms with Crippen LogP contribution in [0.5, 0.6) is 0 Å². The van der Waals surface area contributed by atoms with Crippen molar-refractivity contribution in [3.63, 3.8) is 0 Å². The first-order chi connectivity index (χ1) is 10.1. The highest BCUT2D eigenvalue weighted by Crippen LogP contribution is 2.17. The van der Waals surface area contributed by atoms with E-state index in [0.29, 0.717) is 5.57 Å². The highest BCUT2D eigenvalue weighted by Gasteiger charge is 2.09.